The van der Waals surface area contributed by atoms with Gasteiger partial charge in [-0.1, -0.05) is 23.7 Å². The van der Waals surface area contributed by atoms with Crippen LogP contribution >= 0.6 is 11.6 Å². The molecular formula is C29H28ClF3N2O5. The van der Waals surface area contributed by atoms with E-state index in [9.17, 15) is 23.1 Å². The summed E-state index contributed by atoms with van der Waals surface area (Å²) in [6, 6.07) is 11.9. The monoisotopic (exact) mass is 576 g/mol. The molecule has 1 amide bonds. The summed E-state index contributed by atoms with van der Waals surface area (Å²) < 4.78 is 61.2. The quantitative estimate of drug-likeness (QED) is 0.381. The predicted molar refractivity (Wildman–Crippen MR) is 144 cm³/mol. The van der Waals surface area contributed by atoms with Crippen molar-refractivity contribution in [1.29, 1.82) is 0 Å². The van der Waals surface area contributed by atoms with Gasteiger partial charge in [0.2, 0.25) is 5.91 Å². The molecule has 2 N–H and O–H groups in total. The summed E-state index contributed by atoms with van der Waals surface area (Å²) in [4.78, 5) is 13.3. The summed E-state index contributed by atoms with van der Waals surface area (Å²) in [5.74, 6) is -1.50. The first-order valence-corrected chi connectivity index (χ1v) is 13.1. The number of piperidine rings is 1. The van der Waals surface area contributed by atoms with Crippen molar-refractivity contribution in [2.75, 3.05) is 37.0 Å². The maximum Gasteiger partial charge on any atom is 0.224 e. The van der Waals surface area contributed by atoms with Gasteiger partial charge >= 0.3 is 0 Å². The zero-order chi connectivity index (χ0) is 28.4. The molecule has 0 radical (unpaired) electrons. The summed E-state index contributed by atoms with van der Waals surface area (Å²) in [7, 11) is 1.56. The van der Waals surface area contributed by atoms with Crippen LogP contribution in [0.1, 0.15) is 24.0 Å². The van der Waals surface area contributed by atoms with Crippen molar-refractivity contribution in [2.24, 2.45) is 0 Å². The first-order chi connectivity index (χ1) is 19.2. The Morgan fingerprint density at radius 1 is 1.07 bits per heavy atom. The first-order valence-electron chi connectivity index (χ1n) is 12.8. The van der Waals surface area contributed by atoms with Gasteiger partial charge in [0.15, 0.2) is 11.6 Å². The van der Waals surface area contributed by atoms with Crippen LogP contribution in [0.2, 0.25) is 5.02 Å². The van der Waals surface area contributed by atoms with E-state index in [1.54, 1.807) is 19.2 Å². The van der Waals surface area contributed by atoms with Crippen LogP contribution in [0.15, 0.2) is 48.5 Å². The van der Waals surface area contributed by atoms with Gasteiger partial charge in [-0.05, 0) is 54.8 Å². The Balaban J connectivity index is 1.38. The fourth-order valence-electron chi connectivity index (χ4n) is 5.04. The van der Waals surface area contributed by atoms with Crippen molar-refractivity contribution in [3.8, 4) is 11.5 Å². The Kier molecular flexibility index (Phi) is 8.11. The number of nitrogens with one attached hydrogen (secondary N) is 1. The van der Waals surface area contributed by atoms with Gasteiger partial charge in [0.05, 0.1) is 19.4 Å². The Bertz CT molecular complexity index is 1380. The lowest BCUT2D eigenvalue weighted by molar-refractivity contribution is -0.140. The van der Waals surface area contributed by atoms with Gasteiger partial charge in [0.25, 0.3) is 0 Å². The number of fused-ring (bicyclic) bond motifs is 1. The molecule has 11 heteroatoms. The molecule has 1 saturated heterocycles. The molecule has 5 rings (SSSR count). The van der Waals surface area contributed by atoms with Gasteiger partial charge in [-0.3, -0.25) is 4.79 Å². The molecule has 212 valence electrons. The van der Waals surface area contributed by atoms with Gasteiger partial charge in [0, 0.05) is 30.1 Å². The lowest BCUT2D eigenvalue weighted by Gasteiger charge is -2.45. The third kappa shape index (κ3) is 5.84. The van der Waals surface area contributed by atoms with E-state index in [2.05, 4.69) is 5.32 Å². The Morgan fingerprint density at radius 3 is 2.50 bits per heavy atom. The number of ether oxygens (including phenoxy) is 3. The smallest absolute Gasteiger partial charge is 0.224 e. The Labute approximate surface area is 234 Å². The van der Waals surface area contributed by atoms with E-state index in [-0.39, 0.29) is 67.9 Å². The van der Waals surface area contributed by atoms with Gasteiger partial charge in [-0.15, -0.1) is 0 Å². The number of benzene rings is 3. The standard InChI is InChI=1S/C29H28ClF3N2O5/c1-38-19-4-2-17(3-5-19)15-39-25-14-35(28-22(32)12-18(30)13-23(28)33)11-10-29(25,37)16-40-24-8-7-21(31)27-20(24)6-9-26(36)34-27/h2-5,7-8,12-13,25,37H,6,9-11,14-16H2,1H3,(H,34,36). The molecule has 0 aromatic heterocycles. The molecule has 2 aliphatic rings. The number of aliphatic hydroxyl groups is 1. The minimum atomic E-state index is -1.55. The number of rotatable bonds is 8. The van der Waals surface area contributed by atoms with Crippen LogP contribution in [-0.2, 0) is 22.6 Å². The van der Waals surface area contributed by atoms with Gasteiger partial charge in [0.1, 0.15) is 41.3 Å². The lowest BCUT2D eigenvalue weighted by Crippen LogP contribution is -2.59. The number of halogens is 4. The first kappa shape index (κ1) is 28.1. The van der Waals surface area contributed by atoms with E-state index in [1.807, 2.05) is 12.1 Å². The molecule has 2 unspecified atom stereocenters. The highest BCUT2D eigenvalue weighted by atomic mass is 35.5. The molecule has 0 aliphatic carbocycles. The highest BCUT2D eigenvalue weighted by Crippen LogP contribution is 2.37. The van der Waals surface area contributed by atoms with Crippen LogP contribution in [-0.4, -0.2) is 49.5 Å². The average molecular weight is 577 g/mol. The SMILES string of the molecule is COc1ccc(COC2CN(c3c(F)cc(Cl)cc3F)CCC2(O)COc2ccc(F)c3c2CCC(=O)N3)cc1. The minimum absolute atomic E-state index is 0.0386. The second-order valence-electron chi connectivity index (χ2n) is 9.90. The maximum atomic E-state index is 14.8. The molecule has 0 saturated carbocycles. The largest absolute Gasteiger partial charge is 0.497 e. The van der Waals surface area contributed by atoms with Crippen LogP contribution in [0.25, 0.3) is 0 Å². The lowest BCUT2D eigenvalue weighted by atomic mass is 9.88. The fraction of sp³-hybridized carbons (Fsp3) is 0.345. The molecule has 1 fully saturated rings. The van der Waals surface area contributed by atoms with Crippen molar-refractivity contribution in [3.63, 3.8) is 0 Å². The third-order valence-electron chi connectivity index (χ3n) is 7.27. The summed E-state index contributed by atoms with van der Waals surface area (Å²) in [5.41, 5.74) is -0.443. The van der Waals surface area contributed by atoms with E-state index in [0.29, 0.717) is 17.1 Å². The highest BCUT2D eigenvalue weighted by molar-refractivity contribution is 6.30. The van der Waals surface area contributed by atoms with Gasteiger partial charge < -0.3 is 29.5 Å². The minimum Gasteiger partial charge on any atom is -0.497 e. The van der Waals surface area contributed by atoms with Crippen molar-refractivity contribution in [1.82, 2.24) is 0 Å². The molecule has 0 bridgehead atoms. The van der Waals surface area contributed by atoms with E-state index >= 15 is 0 Å². The van der Waals surface area contributed by atoms with Gasteiger partial charge in [-0.2, -0.15) is 0 Å². The number of anilines is 2. The number of hydrogen-bond donors (Lipinski definition) is 2. The van der Waals surface area contributed by atoms with Crippen molar-refractivity contribution in [3.05, 3.63) is 82.1 Å². The van der Waals surface area contributed by atoms with Crippen LogP contribution < -0.4 is 19.7 Å². The second kappa shape index (κ2) is 11.6. The van der Waals surface area contributed by atoms with E-state index < -0.39 is 29.2 Å². The van der Waals surface area contributed by atoms with Crippen molar-refractivity contribution in [2.45, 2.75) is 37.6 Å². The molecule has 3 aromatic carbocycles. The molecule has 7 nitrogen and oxygen atoms in total. The van der Waals surface area contributed by atoms with Crippen molar-refractivity contribution < 1.29 is 37.3 Å². The maximum absolute atomic E-state index is 14.8. The van der Waals surface area contributed by atoms with E-state index in [1.165, 1.54) is 17.0 Å². The highest BCUT2D eigenvalue weighted by Gasteiger charge is 2.44. The summed E-state index contributed by atoms with van der Waals surface area (Å²) in [5, 5.41) is 14.2. The summed E-state index contributed by atoms with van der Waals surface area (Å²) in [6.07, 6.45) is -0.402. The average Bonchev–Trinajstić information content (AvgIpc) is 2.93. The normalized spacial score (nSPS) is 20.6. The second-order valence-corrected chi connectivity index (χ2v) is 10.3. The number of carbonyl (C=O) groups is 1. The zero-order valence-corrected chi connectivity index (χ0v) is 22.4. The van der Waals surface area contributed by atoms with E-state index in [4.69, 9.17) is 25.8 Å². The molecule has 2 aliphatic heterocycles. The number of carbonyl (C=O) groups excluding carboxylic acids is 1. The van der Waals surface area contributed by atoms with E-state index in [0.717, 1.165) is 17.7 Å². The topological polar surface area (TPSA) is 80.3 Å². The Morgan fingerprint density at radius 2 is 1.80 bits per heavy atom. The summed E-state index contributed by atoms with van der Waals surface area (Å²) in [6.45, 7) is -0.0571. The molecule has 2 heterocycles. The van der Waals surface area contributed by atoms with Crippen LogP contribution in [0, 0.1) is 17.5 Å². The number of hydrogen-bond acceptors (Lipinski definition) is 6. The van der Waals surface area contributed by atoms with Gasteiger partial charge in [-0.25, -0.2) is 13.2 Å². The zero-order valence-electron chi connectivity index (χ0n) is 21.7. The number of amides is 1. The van der Waals surface area contributed by atoms with Crippen molar-refractivity contribution >= 4 is 28.9 Å². The number of nitrogens with zero attached hydrogens (tertiary/aromatic N) is 1. The molecule has 3 aromatic rings. The molecule has 40 heavy (non-hydrogen) atoms. The molecule has 0 spiro atoms. The summed E-state index contributed by atoms with van der Waals surface area (Å²) >= 11 is 5.81. The van der Waals surface area contributed by atoms with Crippen LogP contribution in [0.5, 0.6) is 11.5 Å². The Hall–Kier alpha value is -3.47. The number of methoxy groups -OCH3 is 1. The van der Waals surface area contributed by atoms with Crippen LogP contribution in [0.3, 0.4) is 0 Å². The predicted octanol–water partition coefficient (Wildman–Crippen LogP) is 5.26. The molecule has 2 atom stereocenters. The fourth-order valence-corrected chi connectivity index (χ4v) is 5.24. The third-order valence-corrected chi connectivity index (χ3v) is 7.49. The molecular weight excluding hydrogens is 549 g/mol. The van der Waals surface area contributed by atoms with Crippen LogP contribution in [0.4, 0.5) is 24.5 Å².